The average molecular weight is 192 g/mol. The first kappa shape index (κ1) is 8.74. The van der Waals surface area contributed by atoms with Crippen LogP contribution in [0.1, 0.15) is 13.3 Å². The number of anilines is 2. The third kappa shape index (κ3) is 1.46. The summed E-state index contributed by atoms with van der Waals surface area (Å²) < 4.78 is 0. The van der Waals surface area contributed by atoms with Crippen LogP contribution in [-0.4, -0.2) is 26.7 Å². The molecule has 0 saturated heterocycles. The first-order valence-electron chi connectivity index (χ1n) is 4.51. The van der Waals surface area contributed by atoms with Gasteiger partial charge in [-0.2, -0.15) is 15.1 Å². The van der Waals surface area contributed by atoms with Crippen molar-refractivity contribution in [3.05, 3.63) is 6.20 Å². The summed E-state index contributed by atoms with van der Waals surface area (Å²) in [6.07, 6.45) is 2.72. The Morgan fingerprint density at radius 1 is 1.50 bits per heavy atom. The predicted molar refractivity (Wildman–Crippen MR) is 54.9 cm³/mol. The molecule has 0 unspecified atom stereocenters. The highest BCUT2D eigenvalue weighted by Gasteiger charge is 2.06. The van der Waals surface area contributed by atoms with Gasteiger partial charge >= 0.3 is 0 Å². The lowest BCUT2D eigenvalue weighted by atomic mass is 10.4. The molecular formula is C8H12N6. The molecule has 0 aliphatic heterocycles. The van der Waals surface area contributed by atoms with E-state index >= 15 is 0 Å². The number of fused-ring (bicyclic) bond motifs is 1. The minimum atomic E-state index is 0.250. The summed E-state index contributed by atoms with van der Waals surface area (Å²) in [5.74, 6) is 0.989. The van der Waals surface area contributed by atoms with Gasteiger partial charge in [0, 0.05) is 6.54 Å². The maximum absolute atomic E-state index is 5.55. The molecule has 0 bridgehead atoms. The zero-order valence-corrected chi connectivity index (χ0v) is 7.91. The van der Waals surface area contributed by atoms with E-state index in [9.17, 15) is 0 Å². The van der Waals surface area contributed by atoms with Gasteiger partial charge in [0.1, 0.15) is 5.82 Å². The largest absolute Gasteiger partial charge is 0.369 e. The smallest absolute Gasteiger partial charge is 0.224 e. The lowest BCUT2D eigenvalue weighted by molar-refractivity contribution is 0.970. The van der Waals surface area contributed by atoms with Gasteiger partial charge in [0.25, 0.3) is 0 Å². The molecule has 2 aromatic rings. The molecule has 0 spiro atoms. The number of nitrogens with two attached hydrogens (primary N) is 1. The van der Waals surface area contributed by atoms with Crippen molar-refractivity contribution in [2.75, 3.05) is 17.6 Å². The van der Waals surface area contributed by atoms with Crippen LogP contribution in [0.25, 0.3) is 11.0 Å². The van der Waals surface area contributed by atoms with Gasteiger partial charge in [0.15, 0.2) is 5.65 Å². The van der Waals surface area contributed by atoms with Crippen LogP contribution in [0.5, 0.6) is 0 Å². The van der Waals surface area contributed by atoms with Gasteiger partial charge in [-0.05, 0) is 6.42 Å². The van der Waals surface area contributed by atoms with Crippen LogP contribution in [0.15, 0.2) is 6.20 Å². The highest BCUT2D eigenvalue weighted by Crippen LogP contribution is 2.18. The van der Waals surface area contributed by atoms with Gasteiger partial charge in [0.2, 0.25) is 5.95 Å². The Hall–Kier alpha value is -1.85. The van der Waals surface area contributed by atoms with Crippen molar-refractivity contribution in [3.8, 4) is 0 Å². The van der Waals surface area contributed by atoms with E-state index in [4.69, 9.17) is 5.73 Å². The van der Waals surface area contributed by atoms with E-state index in [0.717, 1.165) is 24.2 Å². The van der Waals surface area contributed by atoms with Gasteiger partial charge in [-0.1, -0.05) is 6.92 Å². The molecule has 2 aromatic heterocycles. The molecule has 0 aliphatic rings. The van der Waals surface area contributed by atoms with E-state index < -0.39 is 0 Å². The average Bonchev–Trinajstić information content (AvgIpc) is 2.61. The highest BCUT2D eigenvalue weighted by molar-refractivity contribution is 5.86. The van der Waals surface area contributed by atoms with Gasteiger partial charge in [-0.3, -0.25) is 5.10 Å². The first-order valence-corrected chi connectivity index (χ1v) is 4.51. The number of H-pyrrole nitrogens is 1. The highest BCUT2D eigenvalue weighted by atomic mass is 15.2. The topological polar surface area (TPSA) is 92.5 Å². The van der Waals surface area contributed by atoms with Crippen molar-refractivity contribution in [1.29, 1.82) is 0 Å². The monoisotopic (exact) mass is 192 g/mol. The van der Waals surface area contributed by atoms with E-state index in [-0.39, 0.29) is 5.95 Å². The van der Waals surface area contributed by atoms with Crippen molar-refractivity contribution in [2.45, 2.75) is 13.3 Å². The number of hydrogen-bond donors (Lipinski definition) is 3. The van der Waals surface area contributed by atoms with E-state index in [0.29, 0.717) is 5.65 Å². The summed E-state index contributed by atoms with van der Waals surface area (Å²) in [7, 11) is 0. The van der Waals surface area contributed by atoms with Crippen LogP contribution >= 0.6 is 0 Å². The van der Waals surface area contributed by atoms with Crippen molar-refractivity contribution in [1.82, 2.24) is 20.2 Å². The lowest BCUT2D eigenvalue weighted by Gasteiger charge is -2.04. The first-order chi connectivity index (χ1) is 6.81. The maximum Gasteiger partial charge on any atom is 0.224 e. The number of rotatable bonds is 3. The fourth-order valence-corrected chi connectivity index (χ4v) is 1.23. The second-order valence-corrected chi connectivity index (χ2v) is 2.99. The maximum atomic E-state index is 5.55. The van der Waals surface area contributed by atoms with Crippen LogP contribution in [0, 0.1) is 0 Å². The van der Waals surface area contributed by atoms with Crippen LogP contribution in [0.2, 0.25) is 0 Å². The molecule has 4 N–H and O–H groups in total. The molecule has 0 fully saturated rings. The van der Waals surface area contributed by atoms with E-state index in [1.54, 1.807) is 6.20 Å². The summed E-state index contributed by atoms with van der Waals surface area (Å²) in [4.78, 5) is 8.12. The Morgan fingerprint density at radius 2 is 2.36 bits per heavy atom. The molecule has 0 aromatic carbocycles. The van der Waals surface area contributed by atoms with Crippen LogP contribution in [-0.2, 0) is 0 Å². The number of nitrogens with one attached hydrogen (secondary N) is 2. The Balaban J connectivity index is 2.44. The summed E-state index contributed by atoms with van der Waals surface area (Å²) >= 11 is 0. The SMILES string of the molecule is CCCNc1nc(N)nc2[nH]ncc12. The van der Waals surface area contributed by atoms with Crippen LogP contribution in [0.3, 0.4) is 0 Å². The van der Waals surface area contributed by atoms with Gasteiger partial charge in [0.05, 0.1) is 11.6 Å². The van der Waals surface area contributed by atoms with Crippen molar-refractivity contribution >= 4 is 22.8 Å². The Morgan fingerprint density at radius 3 is 3.14 bits per heavy atom. The molecule has 2 rings (SSSR count). The molecule has 0 aliphatic carbocycles. The molecular weight excluding hydrogens is 180 g/mol. The second-order valence-electron chi connectivity index (χ2n) is 2.99. The van der Waals surface area contributed by atoms with E-state index in [1.165, 1.54) is 0 Å². The molecule has 0 radical (unpaired) electrons. The van der Waals surface area contributed by atoms with Gasteiger partial charge in [-0.25, -0.2) is 0 Å². The van der Waals surface area contributed by atoms with Gasteiger partial charge < -0.3 is 11.1 Å². The van der Waals surface area contributed by atoms with Gasteiger partial charge in [-0.15, -0.1) is 0 Å². The van der Waals surface area contributed by atoms with Crippen LogP contribution < -0.4 is 11.1 Å². The standard InChI is InChI=1S/C8H12N6/c1-2-3-10-6-5-4-11-14-7(5)13-8(9)12-6/h4H,2-3H2,1H3,(H4,9,10,11,12,13,14). The Bertz CT molecular complexity index is 434. The van der Waals surface area contributed by atoms with Crippen LogP contribution in [0.4, 0.5) is 11.8 Å². The summed E-state index contributed by atoms with van der Waals surface area (Å²) in [5, 5.41) is 10.7. The van der Waals surface area contributed by atoms with Crippen molar-refractivity contribution < 1.29 is 0 Å². The molecule has 0 saturated carbocycles. The fourth-order valence-electron chi connectivity index (χ4n) is 1.23. The molecule has 6 heteroatoms. The Labute approximate surface area is 80.9 Å². The predicted octanol–water partition coefficient (Wildman–Crippen LogP) is 0.757. The third-order valence-corrected chi connectivity index (χ3v) is 1.87. The number of aromatic nitrogens is 4. The van der Waals surface area contributed by atoms with Crippen molar-refractivity contribution in [2.24, 2.45) is 0 Å². The molecule has 6 nitrogen and oxygen atoms in total. The molecule has 2 heterocycles. The zero-order valence-electron chi connectivity index (χ0n) is 7.91. The van der Waals surface area contributed by atoms with E-state index in [2.05, 4.69) is 32.4 Å². The van der Waals surface area contributed by atoms with Crippen molar-refractivity contribution in [3.63, 3.8) is 0 Å². The molecule has 74 valence electrons. The second kappa shape index (κ2) is 3.49. The third-order valence-electron chi connectivity index (χ3n) is 1.87. The van der Waals surface area contributed by atoms with E-state index in [1.807, 2.05) is 0 Å². The number of hydrogen-bond acceptors (Lipinski definition) is 5. The molecule has 0 atom stereocenters. The minimum Gasteiger partial charge on any atom is -0.369 e. The lowest BCUT2D eigenvalue weighted by Crippen LogP contribution is -2.05. The number of nitrogens with zero attached hydrogens (tertiary/aromatic N) is 3. The molecule has 0 amide bonds. The minimum absolute atomic E-state index is 0.250. The fraction of sp³-hybridized carbons (Fsp3) is 0.375. The normalized spacial score (nSPS) is 10.6. The summed E-state index contributed by atoms with van der Waals surface area (Å²) in [6, 6.07) is 0. The number of nitrogen functional groups attached to an aromatic ring is 1. The Kier molecular flexibility index (Phi) is 2.18. The summed E-state index contributed by atoms with van der Waals surface area (Å²) in [6.45, 7) is 2.95. The quantitative estimate of drug-likeness (QED) is 0.667. The zero-order chi connectivity index (χ0) is 9.97. The molecule has 14 heavy (non-hydrogen) atoms. The summed E-state index contributed by atoms with van der Waals surface area (Å²) in [5.41, 5.74) is 6.21. The number of aromatic amines is 1.